The van der Waals surface area contributed by atoms with Crippen LogP contribution in [0.2, 0.25) is 5.02 Å². The van der Waals surface area contributed by atoms with Crippen LogP contribution in [0.25, 0.3) is 0 Å². The lowest BCUT2D eigenvalue weighted by Crippen LogP contribution is -2.44. The Morgan fingerprint density at radius 1 is 1.47 bits per heavy atom. The molecule has 2 atom stereocenters. The number of nitrogens with zero attached hydrogens (tertiary/aromatic N) is 2. The SMILES string of the molecule is CCNC(c1c(Cl)cnn1C(C)C)C(C)(CC)OC. The number of nitrogens with one attached hydrogen (secondary N) is 1. The number of rotatable bonds is 7. The van der Waals surface area contributed by atoms with Gasteiger partial charge in [0.2, 0.25) is 0 Å². The first-order valence-electron chi connectivity index (χ1n) is 6.92. The number of hydrogen-bond donors (Lipinski definition) is 1. The molecule has 1 aromatic rings. The van der Waals surface area contributed by atoms with E-state index in [0.717, 1.165) is 18.7 Å². The molecule has 19 heavy (non-hydrogen) atoms. The van der Waals surface area contributed by atoms with Crippen molar-refractivity contribution in [1.29, 1.82) is 0 Å². The van der Waals surface area contributed by atoms with Crippen molar-refractivity contribution in [3.8, 4) is 0 Å². The largest absolute Gasteiger partial charge is 0.376 e. The minimum atomic E-state index is -0.313. The number of likely N-dealkylation sites (N-methyl/N-ethyl adjacent to an activating group) is 1. The van der Waals surface area contributed by atoms with Gasteiger partial charge in [-0.15, -0.1) is 0 Å². The van der Waals surface area contributed by atoms with Crippen molar-refractivity contribution in [3.05, 3.63) is 16.9 Å². The highest BCUT2D eigenvalue weighted by Crippen LogP contribution is 2.36. The lowest BCUT2D eigenvalue weighted by atomic mass is 9.90. The molecule has 0 saturated carbocycles. The van der Waals surface area contributed by atoms with Gasteiger partial charge in [-0.3, -0.25) is 4.68 Å². The summed E-state index contributed by atoms with van der Waals surface area (Å²) in [5.41, 5.74) is 0.691. The summed E-state index contributed by atoms with van der Waals surface area (Å²) in [7, 11) is 1.75. The third-order valence-corrected chi connectivity index (χ3v) is 4.03. The third-order valence-electron chi connectivity index (χ3n) is 3.74. The first kappa shape index (κ1) is 16.5. The monoisotopic (exact) mass is 287 g/mol. The summed E-state index contributed by atoms with van der Waals surface area (Å²) in [5.74, 6) is 0. The standard InChI is InChI=1S/C14H26ClN3O/c1-7-14(5,19-6)13(16-8-2)12-11(15)9-17-18(12)10(3)4/h9-10,13,16H,7-8H2,1-6H3. The molecule has 0 amide bonds. The van der Waals surface area contributed by atoms with Crippen LogP contribution < -0.4 is 5.32 Å². The number of methoxy groups -OCH3 is 1. The van der Waals surface area contributed by atoms with Crippen LogP contribution in [0.15, 0.2) is 6.20 Å². The minimum absolute atomic E-state index is 0.0184. The molecule has 2 unspecified atom stereocenters. The van der Waals surface area contributed by atoms with Crippen LogP contribution in [-0.4, -0.2) is 29.0 Å². The smallest absolute Gasteiger partial charge is 0.0857 e. The van der Waals surface area contributed by atoms with E-state index >= 15 is 0 Å². The van der Waals surface area contributed by atoms with E-state index < -0.39 is 0 Å². The second kappa shape index (κ2) is 6.73. The molecule has 5 heteroatoms. The zero-order valence-corrected chi connectivity index (χ0v) is 13.6. The summed E-state index contributed by atoms with van der Waals surface area (Å²) < 4.78 is 7.73. The van der Waals surface area contributed by atoms with Gasteiger partial charge in [-0.1, -0.05) is 25.4 Å². The van der Waals surface area contributed by atoms with Gasteiger partial charge in [-0.25, -0.2) is 0 Å². The van der Waals surface area contributed by atoms with Crippen LogP contribution >= 0.6 is 11.6 Å². The van der Waals surface area contributed by atoms with Gasteiger partial charge in [-0.2, -0.15) is 5.10 Å². The van der Waals surface area contributed by atoms with Crippen molar-refractivity contribution in [1.82, 2.24) is 15.1 Å². The molecule has 1 heterocycles. The van der Waals surface area contributed by atoms with Gasteiger partial charge < -0.3 is 10.1 Å². The average molecular weight is 288 g/mol. The van der Waals surface area contributed by atoms with Crippen molar-refractivity contribution >= 4 is 11.6 Å². The van der Waals surface area contributed by atoms with Crippen molar-refractivity contribution in [3.63, 3.8) is 0 Å². The third kappa shape index (κ3) is 3.30. The van der Waals surface area contributed by atoms with Crippen LogP contribution in [0.3, 0.4) is 0 Å². The molecule has 0 aliphatic heterocycles. The van der Waals surface area contributed by atoms with E-state index in [1.807, 2.05) is 4.68 Å². The van der Waals surface area contributed by atoms with E-state index in [1.165, 1.54) is 0 Å². The fraction of sp³-hybridized carbons (Fsp3) is 0.786. The summed E-state index contributed by atoms with van der Waals surface area (Å²) >= 11 is 6.36. The lowest BCUT2D eigenvalue weighted by Gasteiger charge is -2.37. The molecule has 0 aliphatic carbocycles. The molecular weight excluding hydrogens is 262 g/mol. The van der Waals surface area contributed by atoms with Crippen molar-refractivity contribution in [2.24, 2.45) is 0 Å². The van der Waals surface area contributed by atoms with Gasteiger partial charge in [0.15, 0.2) is 0 Å². The quantitative estimate of drug-likeness (QED) is 0.833. The number of halogens is 1. The zero-order chi connectivity index (χ0) is 14.6. The number of aromatic nitrogens is 2. The zero-order valence-electron chi connectivity index (χ0n) is 12.8. The lowest BCUT2D eigenvalue weighted by molar-refractivity contribution is -0.0320. The maximum atomic E-state index is 6.36. The Balaban J connectivity index is 3.30. The molecule has 0 bridgehead atoms. The van der Waals surface area contributed by atoms with Gasteiger partial charge in [-0.05, 0) is 33.7 Å². The van der Waals surface area contributed by atoms with Crippen molar-refractivity contribution in [2.75, 3.05) is 13.7 Å². The van der Waals surface area contributed by atoms with E-state index in [9.17, 15) is 0 Å². The van der Waals surface area contributed by atoms with Crippen LogP contribution in [0.1, 0.15) is 58.8 Å². The van der Waals surface area contributed by atoms with Crippen LogP contribution in [0, 0.1) is 0 Å². The van der Waals surface area contributed by atoms with E-state index in [1.54, 1.807) is 13.3 Å². The molecule has 110 valence electrons. The minimum Gasteiger partial charge on any atom is -0.376 e. The molecule has 0 aliphatic rings. The van der Waals surface area contributed by atoms with Gasteiger partial charge in [0.05, 0.1) is 28.6 Å². The first-order valence-corrected chi connectivity index (χ1v) is 7.30. The van der Waals surface area contributed by atoms with E-state index in [-0.39, 0.29) is 17.7 Å². The Bertz CT molecular complexity index is 399. The van der Waals surface area contributed by atoms with Crippen molar-refractivity contribution < 1.29 is 4.74 Å². The highest BCUT2D eigenvalue weighted by molar-refractivity contribution is 6.31. The van der Waals surface area contributed by atoms with E-state index in [0.29, 0.717) is 5.02 Å². The molecule has 0 fully saturated rings. The predicted octanol–water partition coefficient (Wildman–Crippen LogP) is 3.58. The molecule has 1 aromatic heterocycles. The fourth-order valence-corrected chi connectivity index (χ4v) is 2.54. The summed E-state index contributed by atoms with van der Waals surface area (Å²) in [6, 6.07) is 0.284. The van der Waals surface area contributed by atoms with Gasteiger partial charge in [0.25, 0.3) is 0 Å². The molecule has 1 N–H and O–H groups in total. The van der Waals surface area contributed by atoms with E-state index in [4.69, 9.17) is 16.3 Å². The normalized spacial score (nSPS) is 16.6. The highest BCUT2D eigenvalue weighted by Gasteiger charge is 2.37. The molecular formula is C14H26ClN3O. The highest BCUT2D eigenvalue weighted by atomic mass is 35.5. The summed E-state index contributed by atoms with van der Waals surface area (Å²) in [6.07, 6.45) is 2.60. The second-order valence-corrected chi connectivity index (χ2v) is 5.68. The predicted molar refractivity (Wildman–Crippen MR) is 79.7 cm³/mol. The van der Waals surface area contributed by atoms with Gasteiger partial charge >= 0.3 is 0 Å². The Morgan fingerprint density at radius 3 is 2.53 bits per heavy atom. The number of hydrogen-bond acceptors (Lipinski definition) is 3. The molecule has 0 radical (unpaired) electrons. The number of ether oxygens (including phenoxy) is 1. The van der Waals surface area contributed by atoms with Gasteiger partial charge in [0, 0.05) is 13.2 Å². The Kier molecular flexibility index (Phi) is 5.83. The first-order chi connectivity index (χ1) is 8.91. The van der Waals surface area contributed by atoms with Crippen LogP contribution in [-0.2, 0) is 4.74 Å². The maximum absolute atomic E-state index is 6.36. The maximum Gasteiger partial charge on any atom is 0.0857 e. The molecule has 0 saturated heterocycles. The summed E-state index contributed by atoms with van der Waals surface area (Å²) in [6.45, 7) is 11.4. The van der Waals surface area contributed by atoms with Crippen molar-refractivity contribution in [2.45, 2.75) is 58.7 Å². The Labute approximate surface area is 121 Å². The fourth-order valence-electron chi connectivity index (χ4n) is 2.30. The van der Waals surface area contributed by atoms with Gasteiger partial charge in [0.1, 0.15) is 0 Å². The van der Waals surface area contributed by atoms with Crippen LogP contribution in [0.5, 0.6) is 0 Å². The Morgan fingerprint density at radius 2 is 2.11 bits per heavy atom. The second-order valence-electron chi connectivity index (χ2n) is 5.28. The summed E-state index contributed by atoms with van der Waals surface area (Å²) in [4.78, 5) is 0. The van der Waals surface area contributed by atoms with E-state index in [2.05, 4.69) is 45.0 Å². The van der Waals surface area contributed by atoms with Crippen LogP contribution in [0.4, 0.5) is 0 Å². The molecule has 4 nitrogen and oxygen atoms in total. The molecule has 0 spiro atoms. The topological polar surface area (TPSA) is 39.1 Å². The molecule has 0 aromatic carbocycles. The molecule has 1 rings (SSSR count). The summed E-state index contributed by atoms with van der Waals surface area (Å²) in [5, 5.41) is 8.57. The average Bonchev–Trinajstić information content (AvgIpc) is 2.77. The Hall–Kier alpha value is -0.580.